The van der Waals surface area contributed by atoms with Crippen LogP contribution in [0.25, 0.3) is 0 Å². The first kappa shape index (κ1) is 15.0. The zero-order valence-electron chi connectivity index (χ0n) is 10.1. The molecule has 1 saturated carbocycles. The van der Waals surface area contributed by atoms with Crippen molar-refractivity contribution in [2.45, 2.75) is 25.2 Å². The van der Waals surface area contributed by atoms with Gasteiger partial charge in [0.2, 0.25) is 0 Å². The largest absolute Gasteiger partial charge is 0.573 e. The van der Waals surface area contributed by atoms with Gasteiger partial charge in [-0.25, -0.2) is 4.79 Å². The Morgan fingerprint density at radius 1 is 1.45 bits per heavy atom. The monoisotopic (exact) mass is 353 g/mol. The molecular weight excluding hydrogens is 343 g/mol. The topological polar surface area (TPSA) is 58.6 Å². The normalized spacial score (nSPS) is 16.6. The number of carboxylic acids is 1. The summed E-state index contributed by atoms with van der Waals surface area (Å²) in [5, 5.41) is 11.9. The number of benzene rings is 1. The summed E-state index contributed by atoms with van der Waals surface area (Å²) in [4.78, 5) is 11.1. The van der Waals surface area contributed by atoms with Crippen molar-refractivity contribution in [3.63, 3.8) is 0 Å². The van der Waals surface area contributed by atoms with Gasteiger partial charge < -0.3 is 15.2 Å². The van der Waals surface area contributed by atoms with E-state index in [9.17, 15) is 18.0 Å². The molecule has 0 spiro atoms. The molecule has 1 aliphatic rings. The zero-order valence-corrected chi connectivity index (χ0v) is 11.7. The third kappa shape index (κ3) is 4.03. The molecule has 110 valence electrons. The number of carbonyl (C=O) groups is 1. The lowest BCUT2D eigenvalue weighted by molar-refractivity contribution is -0.274. The third-order valence-electron chi connectivity index (χ3n) is 2.84. The molecule has 8 heteroatoms. The fraction of sp³-hybridized carbons (Fsp3) is 0.417. The minimum absolute atomic E-state index is 0.0670. The number of carboxylic acid groups (broad SMARTS) is 1. The van der Waals surface area contributed by atoms with Gasteiger partial charge in [-0.15, -0.1) is 13.2 Å². The average molecular weight is 354 g/mol. The van der Waals surface area contributed by atoms with Gasteiger partial charge in [0.1, 0.15) is 11.8 Å². The summed E-state index contributed by atoms with van der Waals surface area (Å²) in [6.45, 7) is 0. The number of anilines is 1. The maximum Gasteiger partial charge on any atom is 0.573 e. The van der Waals surface area contributed by atoms with E-state index in [-0.39, 0.29) is 16.1 Å². The first-order chi connectivity index (χ1) is 9.26. The predicted octanol–water partition coefficient (Wildman–Crippen LogP) is 3.62. The van der Waals surface area contributed by atoms with Gasteiger partial charge in [0.15, 0.2) is 0 Å². The van der Waals surface area contributed by atoms with E-state index in [4.69, 9.17) is 5.11 Å². The van der Waals surface area contributed by atoms with Crippen LogP contribution >= 0.6 is 15.9 Å². The SMILES string of the molecule is O=C(O)C(Nc1ccc(OC(F)(F)F)c(Br)c1)C1CC1. The van der Waals surface area contributed by atoms with Crippen LogP contribution in [0.3, 0.4) is 0 Å². The number of halogens is 4. The Kier molecular flexibility index (Phi) is 4.12. The van der Waals surface area contributed by atoms with E-state index in [2.05, 4.69) is 26.0 Å². The molecule has 0 aliphatic heterocycles. The highest BCUT2D eigenvalue weighted by atomic mass is 79.9. The van der Waals surface area contributed by atoms with Crippen LogP contribution in [0.4, 0.5) is 18.9 Å². The number of hydrogen-bond donors (Lipinski definition) is 2. The summed E-state index contributed by atoms with van der Waals surface area (Å²) >= 11 is 2.97. The molecule has 4 nitrogen and oxygen atoms in total. The van der Waals surface area contributed by atoms with Crippen LogP contribution < -0.4 is 10.1 Å². The first-order valence-corrected chi connectivity index (χ1v) is 6.60. The zero-order chi connectivity index (χ0) is 14.9. The van der Waals surface area contributed by atoms with Crippen molar-refractivity contribution in [2.75, 3.05) is 5.32 Å². The lowest BCUT2D eigenvalue weighted by atomic mass is 10.1. The summed E-state index contributed by atoms with van der Waals surface area (Å²) in [6, 6.07) is 3.12. The molecule has 0 aromatic heterocycles. The Morgan fingerprint density at radius 2 is 2.10 bits per heavy atom. The fourth-order valence-corrected chi connectivity index (χ4v) is 2.25. The molecule has 1 atom stereocenters. The maximum absolute atomic E-state index is 12.1. The van der Waals surface area contributed by atoms with E-state index in [1.165, 1.54) is 12.1 Å². The van der Waals surface area contributed by atoms with E-state index in [1.54, 1.807) is 0 Å². The van der Waals surface area contributed by atoms with Gasteiger partial charge in [0, 0.05) is 5.69 Å². The number of rotatable bonds is 5. The maximum atomic E-state index is 12.1. The average Bonchev–Trinajstić information content (AvgIpc) is 3.11. The quantitative estimate of drug-likeness (QED) is 0.848. The molecule has 1 fully saturated rings. The number of ether oxygens (including phenoxy) is 1. The molecule has 1 aromatic carbocycles. The number of alkyl halides is 3. The van der Waals surface area contributed by atoms with Gasteiger partial charge in [0.25, 0.3) is 0 Å². The van der Waals surface area contributed by atoms with E-state index in [0.29, 0.717) is 5.69 Å². The van der Waals surface area contributed by atoms with Gasteiger partial charge >= 0.3 is 12.3 Å². The Morgan fingerprint density at radius 3 is 2.55 bits per heavy atom. The second kappa shape index (κ2) is 5.51. The molecule has 0 bridgehead atoms. The minimum atomic E-state index is -4.77. The van der Waals surface area contributed by atoms with E-state index in [0.717, 1.165) is 18.9 Å². The molecule has 2 N–H and O–H groups in total. The third-order valence-corrected chi connectivity index (χ3v) is 3.46. The number of aliphatic carboxylic acids is 1. The highest BCUT2D eigenvalue weighted by Crippen LogP contribution is 2.36. The first-order valence-electron chi connectivity index (χ1n) is 5.81. The van der Waals surface area contributed by atoms with Crippen molar-refractivity contribution in [3.8, 4) is 5.75 Å². The fourth-order valence-electron chi connectivity index (χ4n) is 1.79. The molecule has 1 aromatic rings. The molecule has 0 radical (unpaired) electrons. The lowest BCUT2D eigenvalue weighted by Gasteiger charge is -2.16. The summed E-state index contributed by atoms with van der Waals surface area (Å²) in [7, 11) is 0. The molecule has 20 heavy (non-hydrogen) atoms. The van der Waals surface area contributed by atoms with Crippen LogP contribution in [0.2, 0.25) is 0 Å². The molecule has 1 unspecified atom stereocenters. The number of nitrogens with one attached hydrogen (secondary N) is 1. The van der Waals surface area contributed by atoms with E-state index < -0.39 is 18.4 Å². The molecule has 0 heterocycles. The van der Waals surface area contributed by atoms with Crippen LogP contribution in [-0.4, -0.2) is 23.5 Å². The highest BCUT2D eigenvalue weighted by molar-refractivity contribution is 9.10. The summed E-state index contributed by atoms with van der Waals surface area (Å²) in [5.41, 5.74) is 0.422. The molecule has 1 aliphatic carbocycles. The van der Waals surface area contributed by atoms with Gasteiger partial charge in [-0.3, -0.25) is 0 Å². The Bertz CT molecular complexity index is 517. The van der Waals surface area contributed by atoms with Crippen LogP contribution in [0, 0.1) is 5.92 Å². The van der Waals surface area contributed by atoms with Crippen molar-refractivity contribution in [2.24, 2.45) is 5.92 Å². The van der Waals surface area contributed by atoms with Gasteiger partial charge in [0.05, 0.1) is 4.47 Å². The highest BCUT2D eigenvalue weighted by Gasteiger charge is 2.36. The van der Waals surface area contributed by atoms with E-state index >= 15 is 0 Å². The Labute approximate surface area is 121 Å². The standard InChI is InChI=1S/C12H11BrF3NO3/c13-8-5-7(3-4-9(8)20-12(14,15)16)17-10(11(18)19)6-1-2-6/h3-6,10,17H,1-2H2,(H,18,19). The van der Waals surface area contributed by atoms with Gasteiger partial charge in [-0.05, 0) is 52.9 Å². The van der Waals surface area contributed by atoms with Gasteiger partial charge in [-0.1, -0.05) is 0 Å². The Hall–Kier alpha value is -1.44. The van der Waals surface area contributed by atoms with Crippen LogP contribution in [0.5, 0.6) is 5.75 Å². The summed E-state index contributed by atoms with van der Waals surface area (Å²) in [6.07, 6.45) is -3.10. The summed E-state index contributed by atoms with van der Waals surface area (Å²) in [5.74, 6) is -1.28. The van der Waals surface area contributed by atoms with Crippen molar-refractivity contribution in [3.05, 3.63) is 22.7 Å². The molecular formula is C12H11BrF3NO3. The second-order valence-electron chi connectivity index (χ2n) is 4.49. The number of hydrogen-bond acceptors (Lipinski definition) is 3. The molecule has 0 amide bonds. The lowest BCUT2D eigenvalue weighted by Crippen LogP contribution is -2.31. The van der Waals surface area contributed by atoms with Crippen LogP contribution in [0.1, 0.15) is 12.8 Å². The molecule has 0 saturated heterocycles. The van der Waals surface area contributed by atoms with Gasteiger partial charge in [-0.2, -0.15) is 0 Å². The second-order valence-corrected chi connectivity index (χ2v) is 5.35. The smallest absolute Gasteiger partial charge is 0.480 e. The Balaban J connectivity index is 2.10. The summed E-state index contributed by atoms with van der Waals surface area (Å²) < 4.78 is 40.3. The minimum Gasteiger partial charge on any atom is -0.480 e. The molecule has 2 rings (SSSR count). The van der Waals surface area contributed by atoms with Crippen molar-refractivity contribution >= 4 is 27.6 Å². The van der Waals surface area contributed by atoms with Crippen LogP contribution in [-0.2, 0) is 4.79 Å². The van der Waals surface area contributed by atoms with E-state index in [1.807, 2.05) is 0 Å². The van der Waals surface area contributed by atoms with Crippen molar-refractivity contribution < 1.29 is 27.8 Å². The van der Waals surface area contributed by atoms with Crippen LogP contribution in [0.15, 0.2) is 22.7 Å². The predicted molar refractivity (Wildman–Crippen MR) is 68.6 cm³/mol. The van der Waals surface area contributed by atoms with Crippen molar-refractivity contribution in [1.29, 1.82) is 0 Å². The van der Waals surface area contributed by atoms with Crippen molar-refractivity contribution in [1.82, 2.24) is 0 Å².